The monoisotopic (exact) mass is 392 g/mol. The highest BCUT2D eigenvalue weighted by atomic mass is 16.5. The van der Waals surface area contributed by atoms with Gasteiger partial charge in [-0.05, 0) is 47.0 Å². The lowest BCUT2D eigenvalue weighted by Gasteiger charge is -2.35. The van der Waals surface area contributed by atoms with Crippen molar-refractivity contribution in [2.45, 2.75) is 53.0 Å². The van der Waals surface area contributed by atoms with Crippen LogP contribution in [0.1, 0.15) is 64.3 Å². The molecule has 8 heteroatoms. The predicted octanol–water partition coefficient (Wildman–Crippen LogP) is 3.52. The van der Waals surface area contributed by atoms with E-state index in [0.717, 1.165) is 47.5 Å². The van der Waals surface area contributed by atoms with Gasteiger partial charge in [0, 0.05) is 24.5 Å². The molecule has 0 unspecified atom stereocenters. The average molecular weight is 392 g/mol. The van der Waals surface area contributed by atoms with Crippen LogP contribution in [0.25, 0.3) is 11.3 Å². The van der Waals surface area contributed by atoms with Crippen LogP contribution >= 0.6 is 0 Å². The van der Waals surface area contributed by atoms with Gasteiger partial charge in [-0.1, -0.05) is 5.16 Å². The van der Waals surface area contributed by atoms with E-state index < -0.39 is 0 Å². The summed E-state index contributed by atoms with van der Waals surface area (Å²) in [7, 11) is 0. The van der Waals surface area contributed by atoms with Crippen LogP contribution in [-0.4, -0.2) is 42.4 Å². The normalized spacial score (nSPS) is 16.8. The fourth-order valence-corrected chi connectivity index (χ4v) is 3.69. The maximum Gasteiger partial charge on any atom is 0.274 e. The van der Waals surface area contributed by atoms with Gasteiger partial charge in [-0.25, -0.2) is 15.0 Å². The van der Waals surface area contributed by atoms with Crippen LogP contribution < -0.4 is 0 Å². The van der Waals surface area contributed by atoms with Gasteiger partial charge in [0.15, 0.2) is 5.76 Å². The standard InChI is InChI=1S/C21H24N6O2/c1-12-9-24-17(11-22-12)21(28)27-8-6-5-7-18(27)19-16(10-23-15(4)25-19)20-13(2)14(3)26-29-20/h9-11,18H,5-8H2,1-4H3/t18-/m0/s1. The highest BCUT2D eigenvalue weighted by molar-refractivity contribution is 5.92. The number of carbonyl (C=O) groups is 1. The van der Waals surface area contributed by atoms with Crippen molar-refractivity contribution in [2.24, 2.45) is 0 Å². The molecule has 0 saturated carbocycles. The van der Waals surface area contributed by atoms with E-state index >= 15 is 0 Å². The summed E-state index contributed by atoms with van der Waals surface area (Å²) in [5.41, 5.74) is 4.50. The molecule has 1 aliphatic rings. The van der Waals surface area contributed by atoms with Gasteiger partial charge in [-0.15, -0.1) is 0 Å². The Morgan fingerprint density at radius 1 is 1.07 bits per heavy atom. The van der Waals surface area contributed by atoms with Crippen molar-refractivity contribution in [1.82, 2.24) is 30.0 Å². The lowest BCUT2D eigenvalue weighted by atomic mass is 9.94. The van der Waals surface area contributed by atoms with E-state index in [2.05, 4.69) is 20.1 Å². The summed E-state index contributed by atoms with van der Waals surface area (Å²) in [5, 5.41) is 4.08. The molecule has 1 amide bonds. The number of hydrogen-bond acceptors (Lipinski definition) is 7. The highest BCUT2D eigenvalue weighted by Gasteiger charge is 2.33. The van der Waals surface area contributed by atoms with Crippen LogP contribution in [0.3, 0.4) is 0 Å². The van der Waals surface area contributed by atoms with Crippen LogP contribution in [-0.2, 0) is 0 Å². The van der Waals surface area contributed by atoms with Gasteiger partial charge in [0.1, 0.15) is 11.5 Å². The number of nitrogens with zero attached hydrogens (tertiary/aromatic N) is 6. The number of likely N-dealkylation sites (tertiary alicyclic amines) is 1. The largest absolute Gasteiger partial charge is 0.356 e. The van der Waals surface area contributed by atoms with E-state index in [1.165, 1.54) is 0 Å². The van der Waals surface area contributed by atoms with Gasteiger partial charge < -0.3 is 9.42 Å². The zero-order valence-corrected chi connectivity index (χ0v) is 17.1. The molecule has 4 rings (SSSR count). The molecule has 4 heterocycles. The zero-order chi connectivity index (χ0) is 20.5. The summed E-state index contributed by atoms with van der Waals surface area (Å²) < 4.78 is 5.59. The molecule has 0 spiro atoms. The van der Waals surface area contributed by atoms with Crippen LogP contribution in [0.4, 0.5) is 0 Å². The van der Waals surface area contributed by atoms with Crippen LogP contribution in [0.2, 0.25) is 0 Å². The van der Waals surface area contributed by atoms with Gasteiger partial charge in [0.05, 0.1) is 34.9 Å². The van der Waals surface area contributed by atoms with Gasteiger partial charge >= 0.3 is 0 Å². The molecule has 8 nitrogen and oxygen atoms in total. The van der Waals surface area contributed by atoms with E-state index in [1.807, 2.05) is 32.6 Å². The maximum absolute atomic E-state index is 13.2. The molecular weight excluding hydrogens is 368 g/mol. The first-order valence-corrected chi connectivity index (χ1v) is 9.82. The number of hydrogen-bond donors (Lipinski definition) is 0. The summed E-state index contributed by atoms with van der Waals surface area (Å²) in [6.45, 7) is 8.23. The molecule has 29 heavy (non-hydrogen) atoms. The van der Waals surface area contributed by atoms with Crippen molar-refractivity contribution in [2.75, 3.05) is 6.54 Å². The van der Waals surface area contributed by atoms with E-state index in [9.17, 15) is 4.79 Å². The Balaban J connectivity index is 1.77. The van der Waals surface area contributed by atoms with Crippen molar-refractivity contribution in [3.63, 3.8) is 0 Å². The second kappa shape index (κ2) is 7.69. The Bertz CT molecular complexity index is 1040. The van der Waals surface area contributed by atoms with E-state index in [-0.39, 0.29) is 11.9 Å². The first-order valence-electron chi connectivity index (χ1n) is 9.82. The number of rotatable bonds is 3. The number of carbonyl (C=O) groups excluding carboxylic acids is 1. The number of piperidine rings is 1. The summed E-state index contributed by atoms with van der Waals surface area (Å²) in [5.74, 6) is 1.19. The number of aromatic nitrogens is 5. The van der Waals surface area contributed by atoms with Crippen molar-refractivity contribution in [3.8, 4) is 11.3 Å². The molecule has 1 aliphatic heterocycles. The molecule has 0 aliphatic carbocycles. The van der Waals surface area contributed by atoms with Crippen molar-refractivity contribution < 1.29 is 9.32 Å². The SMILES string of the molecule is Cc1cnc(C(=O)N2CCCC[C@H]2c2nc(C)ncc2-c2onc(C)c2C)cn1. The summed E-state index contributed by atoms with van der Waals surface area (Å²) >= 11 is 0. The average Bonchev–Trinajstić information content (AvgIpc) is 3.06. The van der Waals surface area contributed by atoms with E-state index in [4.69, 9.17) is 9.51 Å². The smallest absolute Gasteiger partial charge is 0.274 e. The third-order valence-corrected chi connectivity index (χ3v) is 5.42. The van der Waals surface area contributed by atoms with Gasteiger partial charge in [-0.2, -0.15) is 0 Å². The second-order valence-corrected chi connectivity index (χ2v) is 7.49. The minimum atomic E-state index is -0.180. The third kappa shape index (κ3) is 3.62. The molecule has 1 saturated heterocycles. The minimum Gasteiger partial charge on any atom is -0.356 e. The van der Waals surface area contributed by atoms with Crippen molar-refractivity contribution >= 4 is 5.91 Å². The summed E-state index contributed by atoms with van der Waals surface area (Å²) in [4.78, 5) is 32.7. The number of amides is 1. The van der Waals surface area contributed by atoms with Crippen molar-refractivity contribution in [3.05, 3.63) is 52.8 Å². The molecule has 150 valence electrons. The minimum absolute atomic E-state index is 0.130. The zero-order valence-electron chi connectivity index (χ0n) is 17.1. The second-order valence-electron chi connectivity index (χ2n) is 7.49. The first-order chi connectivity index (χ1) is 14.0. The molecule has 0 aromatic carbocycles. The van der Waals surface area contributed by atoms with Gasteiger partial charge in [0.2, 0.25) is 0 Å². The van der Waals surface area contributed by atoms with Gasteiger partial charge in [-0.3, -0.25) is 9.78 Å². The van der Waals surface area contributed by atoms with Crippen molar-refractivity contribution in [1.29, 1.82) is 0 Å². The molecule has 3 aromatic heterocycles. The third-order valence-electron chi connectivity index (χ3n) is 5.42. The lowest BCUT2D eigenvalue weighted by Crippen LogP contribution is -2.39. The maximum atomic E-state index is 13.2. The fraction of sp³-hybridized carbons (Fsp3) is 0.429. The fourth-order valence-electron chi connectivity index (χ4n) is 3.69. The molecular formula is C21H24N6O2. The topological polar surface area (TPSA) is 97.9 Å². The molecule has 0 radical (unpaired) electrons. The van der Waals surface area contributed by atoms with Crippen LogP contribution in [0.15, 0.2) is 23.1 Å². The van der Waals surface area contributed by atoms with E-state index in [1.54, 1.807) is 18.6 Å². The lowest BCUT2D eigenvalue weighted by molar-refractivity contribution is 0.0599. The molecule has 3 aromatic rings. The Kier molecular flexibility index (Phi) is 5.08. The Hall–Kier alpha value is -3.16. The van der Waals surface area contributed by atoms with E-state index in [0.29, 0.717) is 23.8 Å². The molecule has 0 N–H and O–H groups in total. The molecule has 1 atom stereocenters. The summed E-state index contributed by atoms with van der Waals surface area (Å²) in [6.07, 6.45) is 7.72. The first kappa shape index (κ1) is 19.2. The summed E-state index contributed by atoms with van der Waals surface area (Å²) in [6, 6.07) is -0.180. The predicted molar refractivity (Wildman–Crippen MR) is 106 cm³/mol. The quantitative estimate of drug-likeness (QED) is 0.672. The Labute approximate surface area is 169 Å². The number of aryl methyl sites for hydroxylation is 3. The molecule has 0 bridgehead atoms. The van der Waals surface area contributed by atoms with Crippen LogP contribution in [0, 0.1) is 27.7 Å². The molecule has 1 fully saturated rings. The Morgan fingerprint density at radius 2 is 1.90 bits per heavy atom. The van der Waals surface area contributed by atoms with Crippen LogP contribution in [0.5, 0.6) is 0 Å². The van der Waals surface area contributed by atoms with Gasteiger partial charge in [0.25, 0.3) is 5.91 Å². The Morgan fingerprint density at radius 3 is 2.59 bits per heavy atom. The highest BCUT2D eigenvalue weighted by Crippen LogP contribution is 2.37.